The quantitative estimate of drug-likeness (QED) is 0.147. The number of nitro groups is 1. The number of aryl methyl sites for hydroxylation is 1. The van der Waals surface area contributed by atoms with Crippen molar-refractivity contribution < 1.29 is 33.2 Å². The molecule has 0 fully saturated rings. The number of ether oxygens (including phenoxy) is 2. The number of nitrogens with zero attached hydrogens (tertiary/aromatic N) is 2. The molecule has 228 valence electrons. The zero-order valence-electron chi connectivity index (χ0n) is 24.2. The standard InChI is InChI=1S/C32H30FN3O7S/c1-4-42-31(38)26-21(24-7-6-14-44-24)16-23-27(29(26)37)25(18-8-10-19(33)11-9-18)28(32(39)43-5-2)30(34)35(23)22-13-12-20(36(40)41)15-17(22)3/h6-15,21,25-26H,4-5,16,34H2,1-3H3/t21-,25-,26-/m0/s1. The molecule has 0 bridgehead atoms. The number of nitrogens with two attached hydrogens (primary N) is 1. The number of nitro benzene ring substituents is 1. The van der Waals surface area contributed by atoms with Crippen LogP contribution in [0.5, 0.6) is 0 Å². The number of carbonyl (C=O) groups is 3. The highest BCUT2D eigenvalue weighted by Crippen LogP contribution is 2.52. The molecule has 2 N–H and O–H groups in total. The van der Waals surface area contributed by atoms with Gasteiger partial charge in [0.05, 0.1) is 35.3 Å². The Balaban J connectivity index is 1.83. The van der Waals surface area contributed by atoms with E-state index in [9.17, 15) is 28.9 Å². The third-order valence-corrected chi connectivity index (χ3v) is 8.82. The number of ketones is 1. The van der Waals surface area contributed by atoms with Gasteiger partial charge in [0.15, 0.2) is 5.78 Å². The van der Waals surface area contributed by atoms with Gasteiger partial charge >= 0.3 is 11.9 Å². The third-order valence-electron chi connectivity index (χ3n) is 7.82. The maximum atomic E-state index is 14.7. The average molecular weight is 620 g/mol. The zero-order chi connectivity index (χ0) is 31.7. The summed E-state index contributed by atoms with van der Waals surface area (Å²) in [6.45, 7) is 5.01. The maximum absolute atomic E-state index is 14.7. The highest BCUT2D eigenvalue weighted by atomic mass is 32.1. The lowest BCUT2D eigenvalue weighted by atomic mass is 9.68. The van der Waals surface area contributed by atoms with Gasteiger partial charge in [-0.1, -0.05) is 18.2 Å². The number of hydrogen-bond acceptors (Lipinski definition) is 10. The molecule has 0 unspecified atom stereocenters. The van der Waals surface area contributed by atoms with Crippen molar-refractivity contribution in [3.05, 3.63) is 115 Å². The van der Waals surface area contributed by atoms with Gasteiger partial charge in [0.1, 0.15) is 17.6 Å². The van der Waals surface area contributed by atoms with E-state index in [0.717, 1.165) is 4.88 Å². The molecule has 44 heavy (non-hydrogen) atoms. The van der Waals surface area contributed by atoms with Crippen molar-refractivity contribution in [3.8, 4) is 0 Å². The highest BCUT2D eigenvalue weighted by Gasteiger charge is 2.51. The molecule has 0 saturated carbocycles. The molecule has 10 nitrogen and oxygen atoms in total. The summed E-state index contributed by atoms with van der Waals surface area (Å²) in [5, 5.41) is 13.4. The Bertz CT molecular complexity index is 1700. The first kappa shape index (κ1) is 30.6. The lowest BCUT2D eigenvalue weighted by molar-refractivity contribution is -0.384. The summed E-state index contributed by atoms with van der Waals surface area (Å²) in [6, 6.07) is 13.2. The number of non-ortho nitro benzene ring substituents is 1. The van der Waals surface area contributed by atoms with Gasteiger partial charge in [0.2, 0.25) is 0 Å². The predicted octanol–water partition coefficient (Wildman–Crippen LogP) is 5.63. The van der Waals surface area contributed by atoms with Crippen LogP contribution in [0.15, 0.2) is 82.6 Å². The molecule has 3 atom stereocenters. The predicted molar refractivity (Wildman–Crippen MR) is 161 cm³/mol. The third kappa shape index (κ3) is 5.37. The molecule has 12 heteroatoms. The normalized spacial score (nSPS) is 20.0. The van der Waals surface area contributed by atoms with Crippen LogP contribution in [0, 0.1) is 28.8 Å². The Morgan fingerprint density at radius 3 is 2.41 bits per heavy atom. The minimum absolute atomic E-state index is 0.00800. The molecule has 2 heterocycles. The number of halogens is 1. The summed E-state index contributed by atoms with van der Waals surface area (Å²) in [6.07, 6.45) is 0.149. The molecule has 0 spiro atoms. The highest BCUT2D eigenvalue weighted by molar-refractivity contribution is 7.10. The molecule has 1 aliphatic heterocycles. The lowest BCUT2D eigenvalue weighted by Gasteiger charge is -2.44. The Morgan fingerprint density at radius 1 is 1.11 bits per heavy atom. The second-order valence-electron chi connectivity index (χ2n) is 10.3. The first-order valence-electron chi connectivity index (χ1n) is 14.0. The van der Waals surface area contributed by atoms with Crippen molar-refractivity contribution in [1.82, 2.24) is 0 Å². The minimum Gasteiger partial charge on any atom is -0.465 e. The van der Waals surface area contributed by atoms with E-state index in [1.54, 1.807) is 25.7 Å². The number of benzene rings is 2. The van der Waals surface area contributed by atoms with Gasteiger partial charge in [0.25, 0.3) is 5.69 Å². The number of rotatable bonds is 8. The van der Waals surface area contributed by atoms with Crippen molar-refractivity contribution in [1.29, 1.82) is 0 Å². The number of esters is 2. The molecule has 5 rings (SSSR count). The van der Waals surface area contributed by atoms with Gasteiger partial charge in [-0.25, -0.2) is 9.18 Å². The topological polar surface area (TPSA) is 142 Å². The Kier molecular flexibility index (Phi) is 8.63. The van der Waals surface area contributed by atoms with Crippen molar-refractivity contribution in [3.63, 3.8) is 0 Å². The number of anilines is 1. The Labute approximate surface area is 256 Å². The van der Waals surface area contributed by atoms with E-state index in [1.807, 2.05) is 17.5 Å². The minimum atomic E-state index is -1.22. The van der Waals surface area contributed by atoms with Crippen LogP contribution >= 0.6 is 11.3 Å². The maximum Gasteiger partial charge on any atom is 0.338 e. The van der Waals surface area contributed by atoms with Crippen molar-refractivity contribution in [2.45, 2.75) is 39.0 Å². The summed E-state index contributed by atoms with van der Waals surface area (Å²) in [7, 11) is 0. The molecule has 0 saturated heterocycles. The van der Waals surface area contributed by atoms with Gasteiger partial charge in [-0.3, -0.25) is 24.6 Å². The SMILES string of the molecule is CCOC(=O)C1=C(N)N(c2ccc([N+](=O)[O-])cc2C)C2=C(C(=O)[C@@H](C(=O)OCC)[C@H](c3cccs3)C2)[C@@H]1c1ccc(F)cc1. The summed E-state index contributed by atoms with van der Waals surface area (Å²) >= 11 is 1.39. The fraction of sp³-hybridized carbons (Fsp3) is 0.281. The molecule has 2 aromatic carbocycles. The first-order chi connectivity index (χ1) is 21.1. The van der Waals surface area contributed by atoms with Gasteiger partial charge in [0, 0.05) is 34.2 Å². The van der Waals surface area contributed by atoms with Crippen LogP contribution in [-0.4, -0.2) is 35.9 Å². The fourth-order valence-electron chi connectivity index (χ4n) is 5.98. The summed E-state index contributed by atoms with van der Waals surface area (Å²) in [4.78, 5) is 55.1. The molecule has 0 radical (unpaired) electrons. The number of hydrogen-bond donors (Lipinski definition) is 1. The second-order valence-corrected chi connectivity index (χ2v) is 11.3. The molecule has 1 aliphatic carbocycles. The molecule has 0 amide bonds. The zero-order valence-corrected chi connectivity index (χ0v) is 25.1. The monoisotopic (exact) mass is 619 g/mol. The van der Waals surface area contributed by atoms with Gasteiger partial charge < -0.3 is 15.2 Å². The van der Waals surface area contributed by atoms with E-state index < -0.39 is 46.2 Å². The largest absolute Gasteiger partial charge is 0.465 e. The van der Waals surface area contributed by atoms with Gasteiger partial charge in [-0.2, -0.15) is 0 Å². The number of allylic oxidation sites excluding steroid dienone is 2. The fourth-order valence-corrected chi connectivity index (χ4v) is 6.84. The van der Waals surface area contributed by atoms with E-state index in [1.165, 1.54) is 53.8 Å². The van der Waals surface area contributed by atoms with E-state index >= 15 is 0 Å². The van der Waals surface area contributed by atoms with Crippen molar-refractivity contribution >= 4 is 40.4 Å². The van der Waals surface area contributed by atoms with Crippen molar-refractivity contribution in [2.24, 2.45) is 11.7 Å². The summed E-state index contributed by atoms with van der Waals surface area (Å²) < 4.78 is 24.9. The number of carbonyl (C=O) groups excluding carboxylic acids is 3. The second kappa shape index (κ2) is 12.4. The molecular formula is C32H30FN3O7S. The average Bonchev–Trinajstić information content (AvgIpc) is 3.52. The van der Waals surface area contributed by atoms with Gasteiger partial charge in [-0.05, 0) is 68.0 Å². The Morgan fingerprint density at radius 2 is 1.82 bits per heavy atom. The smallest absolute Gasteiger partial charge is 0.338 e. The van der Waals surface area contributed by atoms with Crippen LogP contribution in [-0.2, 0) is 23.9 Å². The van der Waals surface area contributed by atoms with E-state index in [2.05, 4.69) is 0 Å². The van der Waals surface area contributed by atoms with E-state index in [-0.39, 0.29) is 42.3 Å². The van der Waals surface area contributed by atoms with Crippen LogP contribution in [0.25, 0.3) is 0 Å². The molecule has 2 aliphatic rings. The number of thiophene rings is 1. The lowest BCUT2D eigenvalue weighted by Crippen LogP contribution is -2.46. The van der Waals surface area contributed by atoms with Crippen LogP contribution < -0.4 is 10.6 Å². The van der Waals surface area contributed by atoms with E-state index in [0.29, 0.717) is 22.5 Å². The van der Waals surface area contributed by atoms with Crippen LogP contribution in [0.3, 0.4) is 0 Å². The van der Waals surface area contributed by atoms with Crippen molar-refractivity contribution in [2.75, 3.05) is 18.1 Å². The molecule has 1 aromatic heterocycles. The Hall–Kier alpha value is -4.84. The van der Waals surface area contributed by atoms with Crippen LogP contribution in [0.4, 0.5) is 15.8 Å². The summed E-state index contributed by atoms with van der Waals surface area (Å²) in [5.41, 5.74) is 8.43. The van der Waals surface area contributed by atoms with Crippen LogP contribution in [0.1, 0.15) is 48.1 Å². The number of Topliss-reactive ketones (excluding diaryl/α,β-unsaturated/α-hetero) is 1. The summed E-state index contributed by atoms with van der Waals surface area (Å²) in [5.74, 6) is -5.54. The molecule has 3 aromatic rings. The molecular weight excluding hydrogens is 589 g/mol. The van der Waals surface area contributed by atoms with Gasteiger partial charge in [-0.15, -0.1) is 11.3 Å². The van der Waals surface area contributed by atoms with E-state index in [4.69, 9.17) is 15.2 Å². The first-order valence-corrected chi connectivity index (χ1v) is 14.9. The van der Waals surface area contributed by atoms with Crippen LogP contribution in [0.2, 0.25) is 0 Å².